The molecular formula is C18H24F3NO3. The van der Waals surface area contributed by atoms with Crippen molar-refractivity contribution in [1.82, 2.24) is 4.90 Å². The van der Waals surface area contributed by atoms with E-state index in [0.29, 0.717) is 19.7 Å². The fraction of sp³-hybridized carbons (Fsp3) is 0.611. The Morgan fingerprint density at radius 2 is 1.84 bits per heavy atom. The molecule has 2 rings (SSSR count). The molecule has 1 fully saturated rings. The van der Waals surface area contributed by atoms with Crippen LogP contribution in [0.1, 0.15) is 39.2 Å². The van der Waals surface area contributed by atoms with E-state index in [1.807, 2.05) is 20.8 Å². The highest BCUT2D eigenvalue weighted by Gasteiger charge is 2.31. The molecule has 25 heavy (non-hydrogen) atoms. The van der Waals surface area contributed by atoms with E-state index >= 15 is 0 Å². The molecule has 1 aromatic rings. The van der Waals surface area contributed by atoms with Crippen LogP contribution in [0.25, 0.3) is 0 Å². The molecule has 7 heteroatoms. The first-order chi connectivity index (χ1) is 11.5. The number of rotatable bonds is 3. The van der Waals surface area contributed by atoms with Gasteiger partial charge < -0.3 is 14.4 Å². The van der Waals surface area contributed by atoms with Crippen LogP contribution in [0.3, 0.4) is 0 Å². The second kappa shape index (κ2) is 7.54. The maximum atomic E-state index is 12.7. The third-order valence-corrected chi connectivity index (χ3v) is 3.91. The summed E-state index contributed by atoms with van der Waals surface area (Å²) >= 11 is 0. The van der Waals surface area contributed by atoms with Crippen molar-refractivity contribution < 1.29 is 27.4 Å². The molecule has 0 unspecified atom stereocenters. The zero-order valence-electron chi connectivity index (χ0n) is 14.7. The van der Waals surface area contributed by atoms with Crippen LogP contribution in [0.15, 0.2) is 24.3 Å². The average Bonchev–Trinajstić information content (AvgIpc) is 2.51. The number of hydrogen-bond acceptors (Lipinski definition) is 3. The van der Waals surface area contributed by atoms with Gasteiger partial charge in [-0.3, -0.25) is 0 Å². The monoisotopic (exact) mass is 359 g/mol. The highest BCUT2D eigenvalue weighted by atomic mass is 19.4. The Kier molecular flexibility index (Phi) is 5.85. The van der Waals surface area contributed by atoms with E-state index in [4.69, 9.17) is 9.47 Å². The lowest BCUT2D eigenvalue weighted by molar-refractivity contribution is -0.137. The fourth-order valence-electron chi connectivity index (χ4n) is 2.58. The Bertz CT molecular complexity index is 588. The summed E-state index contributed by atoms with van der Waals surface area (Å²) in [5.74, 6) is 0.414. The Labute approximate surface area is 145 Å². The first-order valence-electron chi connectivity index (χ1n) is 8.32. The number of amides is 1. The molecule has 1 aliphatic rings. The van der Waals surface area contributed by atoms with E-state index in [9.17, 15) is 18.0 Å². The summed E-state index contributed by atoms with van der Waals surface area (Å²) in [6, 6.07) is 4.89. The van der Waals surface area contributed by atoms with Crippen LogP contribution in [0, 0.1) is 5.92 Å². The molecule has 1 heterocycles. The molecule has 1 saturated heterocycles. The van der Waals surface area contributed by atoms with Gasteiger partial charge in [0.2, 0.25) is 0 Å². The molecule has 0 atom stereocenters. The molecule has 1 aliphatic heterocycles. The summed E-state index contributed by atoms with van der Waals surface area (Å²) in [5.41, 5.74) is -1.25. The number of halogens is 3. The number of hydrogen-bond donors (Lipinski definition) is 0. The van der Waals surface area contributed by atoms with Gasteiger partial charge in [0.1, 0.15) is 11.4 Å². The molecule has 1 aromatic carbocycles. The van der Waals surface area contributed by atoms with Crippen LogP contribution in [-0.4, -0.2) is 36.3 Å². The summed E-state index contributed by atoms with van der Waals surface area (Å²) in [4.78, 5) is 13.7. The minimum Gasteiger partial charge on any atom is -0.493 e. The number of carbonyl (C=O) groups excluding carboxylic acids is 1. The number of likely N-dealkylation sites (tertiary alicyclic amines) is 1. The van der Waals surface area contributed by atoms with Crippen molar-refractivity contribution in [2.24, 2.45) is 5.92 Å². The molecule has 0 aliphatic carbocycles. The molecule has 140 valence electrons. The molecule has 0 saturated carbocycles. The number of benzene rings is 1. The second-order valence-corrected chi connectivity index (χ2v) is 7.25. The molecular weight excluding hydrogens is 335 g/mol. The number of carbonyl (C=O) groups is 1. The van der Waals surface area contributed by atoms with Gasteiger partial charge in [-0.25, -0.2) is 4.79 Å². The van der Waals surface area contributed by atoms with Gasteiger partial charge in [-0.1, -0.05) is 6.07 Å². The smallest absolute Gasteiger partial charge is 0.416 e. The minimum absolute atomic E-state index is 0.202. The van der Waals surface area contributed by atoms with Gasteiger partial charge in [0.15, 0.2) is 0 Å². The third-order valence-electron chi connectivity index (χ3n) is 3.91. The first-order valence-corrected chi connectivity index (χ1v) is 8.32. The largest absolute Gasteiger partial charge is 0.493 e. The quantitative estimate of drug-likeness (QED) is 0.783. The molecule has 0 N–H and O–H groups in total. The minimum atomic E-state index is -4.38. The van der Waals surface area contributed by atoms with Crippen LogP contribution in [0.5, 0.6) is 5.75 Å². The van der Waals surface area contributed by atoms with Crippen molar-refractivity contribution >= 4 is 6.09 Å². The highest BCUT2D eigenvalue weighted by Crippen LogP contribution is 2.31. The lowest BCUT2D eigenvalue weighted by Crippen LogP contribution is -2.42. The summed E-state index contributed by atoms with van der Waals surface area (Å²) in [6.07, 6.45) is -3.24. The van der Waals surface area contributed by atoms with Gasteiger partial charge in [-0.05, 0) is 57.7 Å². The SMILES string of the molecule is CC(C)(C)OC(=O)N1CCC(COc2cccc(C(F)(F)F)c2)CC1. The Morgan fingerprint density at radius 3 is 2.40 bits per heavy atom. The highest BCUT2D eigenvalue weighted by molar-refractivity contribution is 5.68. The van der Waals surface area contributed by atoms with Crippen molar-refractivity contribution in [3.63, 3.8) is 0 Å². The number of nitrogens with zero attached hydrogens (tertiary/aromatic N) is 1. The van der Waals surface area contributed by atoms with Crippen LogP contribution >= 0.6 is 0 Å². The van der Waals surface area contributed by atoms with Crippen molar-refractivity contribution in [3.8, 4) is 5.75 Å². The third kappa shape index (κ3) is 6.14. The average molecular weight is 359 g/mol. The molecule has 0 radical (unpaired) electrons. The summed E-state index contributed by atoms with van der Waals surface area (Å²) in [6.45, 7) is 6.92. The van der Waals surface area contributed by atoms with Crippen molar-refractivity contribution in [2.45, 2.75) is 45.4 Å². The normalized spacial score (nSPS) is 16.6. The predicted octanol–water partition coefficient (Wildman–Crippen LogP) is 4.73. The fourth-order valence-corrected chi connectivity index (χ4v) is 2.58. The molecule has 0 aromatic heterocycles. The van der Waals surface area contributed by atoms with Gasteiger partial charge in [0, 0.05) is 13.1 Å². The zero-order valence-corrected chi connectivity index (χ0v) is 14.7. The number of alkyl halides is 3. The van der Waals surface area contributed by atoms with E-state index in [1.165, 1.54) is 12.1 Å². The zero-order chi connectivity index (χ0) is 18.7. The molecule has 0 bridgehead atoms. The first kappa shape index (κ1) is 19.4. The maximum absolute atomic E-state index is 12.7. The van der Waals surface area contributed by atoms with Crippen LogP contribution in [0.4, 0.5) is 18.0 Å². The van der Waals surface area contributed by atoms with Gasteiger partial charge in [0.25, 0.3) is 0 Å². The van der Waals surface area contributed by atoms with Crippen LogP contribution < -0.4 is 4.74 Å². The van der Waals surface area contributed by atoms with E-state index in [-0.39, 0.29) is 17.8 Å². The van der Waals surface area contributed by atoms with Gasteiger partial charge in [0.05, 0.1) is 12.2 Å². The van der Waals surface area contributed by atoms with E-state index < -0.39 is 17.3 Å². The summed E-state index contributed by atoms with van der Waals surface area (Å²) < 4.78 is 48.9. The number of piperidine rings is 1. The summed E-state index contributed by atoms with van der Waals surface area (Å²) in [5, 5.41) is 0. The van der Waals surface area contributed by atoms with Crippen molar-refractivity contribution in [2.75, 3.05) is 19.7 Å². The van der Waals surface area contributed by atoms with E-state index in [2.05, 4.69) is 0 Å². The van der Waals surface area contributed by atoms with Gasteiger partial charge in [-0.2, -0.15) is 13.2 Å². The molecule has 1 amide bonds. The maximum Gasteiger partial charge on any atom is 0.416 e. The topological polar surface area (TPSA) is 38.8 Å². The van der Waals surface area contributed by atoms with E-state index in [0.717, 1.165) is 25.0 Å². The number of ether oxygens (including phenoxy) is 2. The van der Waals surface area contributed by atoms with Gasteiger partial charge >= 0.3 is 12.3 Å². The Hall–Kier alpha value is -1.92. The standard InChI is InChI=1S/C18H24F3NO3/c1-17(2,3)25-16(23)22-9-7-13(8-10-22)12-24-15-6-4-5-14(11-15)18(19,20)21/h4-6,11,13H,7-10,12H2,1-3H3. The lowest BCUT2D eigenvalue weighted by atomic mass is 9.98. The molecule has 4 nitrogen and oxygen atoms in total. The summed E-state index contributed by atoms with van der Waals surface area (Å²) in [7, 11) is 0. The van der Waals surface area contributed by atoms with Crippen molar-refractivity contribution in [1.29, 1.82) is 0 Å². The van der Waals surface area contributed by atoms with E-state index in [1.54, 1.807) is 4.90 Å². The Balaban J connectivity index is 1.80. The van der Waals surface area contributed by atoms with Crippen LogP contribution in [0.2, 0.25) is 0 Å². The van der Waals surface area contributed by atoms with Crippen molar-refractivity contribution in [3.05, 3.63) is 29.8 Å². The predicted molar refractivity (Wildman–Crippen MR) is 87.5 cm³/mol. The van der Waals surface area contributed by atoms with Gasteiger partial charge in [-0.15, -0.1) is 0 Å². The molecule has 0 spiro atoms. The second-order valence-electron chi connectivity index (χ2n) is 7.25. The van der Waals surface area contributed by atoms with Crippen LogP contribution in [-0.2, 0) is 10.9 Å². The Morgan fingerprint density at radius 1 is 1.20 bits per heavy atom. The lowest BCUT2D eigenvalue weighted by Gasteiger charge is -2.33.